The van der Waals surface area contributed by atoms with Crippen molar-refractivity contribution >= 4 is 61.9 Å². The van der Waals surface area contributed by atoms with Crippen LogP contribution in [-0.4, -0.2) is 23.0 Å². The van der Waals surface area contributed by atoms with Crippen molar-refractivity contribution in [3.05, 3.63) is 99.0 Å². The predicted molar refractivity (Wildman–Crippen MR) is 151 cm³/mol. The van der Waals surface area contributed by atoms with Crippen LogP contribution < -0.4 is 9.80 Å². The standard InChI is InChI=1S/C29H20BrClN4O2/c30-20-2-7-26-19(10-20)15-35-16-34(26)14-18-9-17(1-6-25(18)35)13-32-22-4-5-23(27(36)12-22)29-33-24-11-21(31)3-8-28(24)37-29/h1-13,36H,14-16H2/b32-13+. The van der Waals surface area contributed by atoms with Gasteiger partial charge in [0.15, 0.2) is 5.58 Å². The van der Waals surface area contributed by atoms with E-state index in [4.69, 9.17) is 16.0 Å². The van der Waals surface area contributed by atoms with E-state index in [9.17, 15) is 5.11 Å². The van der Waals surface area contributed by atoms with E-state index in [2.05, 4.69) is 72.1 Å². The van der Waals surface area contributed by atoms with Crippen LogP contribution in [-0.2, 0) is 13.1 Å². The lowest BCUT2D eigenvalue weighted by Gasteiger charge is -2.44. The van der Waals surface area contributed by atoms with Gasteiger partial charge in [-0.25, -0.2) is 4.98 Å². The number of phenols is 1. The molecule has 1 N–H and O–H groups in total. The molecule has 0 amide bonds. The van der Waals surface area contributed by atoms with Gasteiger partial charge in [-0.05, 0) is 77.4 Å². The number of anilines is 2. The molecule has 0 unspecified atom stereocenters. The second kappa shape index (κ2) is 8.64. The molecule has 6 nitrogen and oxygen atoms in total. The molecule has 4 aromatic carbocycles. The number of rotatable bonds is 3. The van der Waals surface area contributed by atoms with Crippen molar-refractivity contribution in [3.8, 4) is 17.2 Å². The second-order valence-electron chi connectivity index (χ2n) is 9.29. The maximum absolute atomic E-state index is 10.7. The van der Waals surface area contributed by atoms with Gasteiger partial charge in [0.25, 0.3) is 0 Å². The summed E-state index contributed by atoms with van der Waals surface area (Å²) < 4.78 is 6.90. The van der Waals surface area contributed by atoms with Crippen LogP contribution >= 0.6 is 27.5 Å². The number of hydrogen-bond acceptors (Lipinski definition) is 6. The van der Waals surface area contributed by atoms with Crippen LogP contribution in [0.4, 0.5) is 17.1 Å². The highest BCUT2D eigenvalue weighted by molar-refractivity contribution is 9.10. The number of halogens is 2. The molecule has 0 atom stereocenters. The summed E-state index contributed by atoms with van der Waals surface area (Å²) in [5.41, 5.74) is 8.58. The molecule has 0 spiro atoms. The molecule has 3 heterocycles. The first-order valence-corrected chi connectivity index (χ1v) is 13.0. The summed E-state index contributed by atoms with van der Waals surface area (Å²) in [6.07, 6.45) is 1.83. The summed E-state index contributed by atoms with van der Waals surface area (Å²) in [6, 6.07) is 23.4. The zero-order valence-corrected chi connectivity index (χ0v) is 21.9. The van der Waals surface area contributed by atoms with Crippen LogP contribution in [0.1, 0.15) is 16.7 Å². The summed E-state index contributed by atoms with van der Waals surface area (Å²) in [6.45, 7) is 2.64. The van der Waals surface area contributed by atoms with Gasteiger partial charge in [0.1, 0.15) is 11.3 Å². The fourth-order valence-electron chi connectivity index (χ4n) is 5.10. The average molecular weight is 572 g/mol. The topological polar surface area (TPSA) is 65.1 Å². The zero-order chi connectivity index (χ0) is 25.1. The molecule has 2 bridgehead atoms. The van der Waals surface area contributed by atoms with Crippen LogP contribution in [0, 0.1) is 0 Å². The predicted octanol–water partition coefficient (Wildman–Crippen LogP) is 7.66. The minimum Gasteiger partial charge on any atom is -0.507 e. The van der Waals surface area contributed by atoms with Gasteiger partial charge in [0, 0.05) is 46.2 Å². The van der Waals surface area contributed by atoms with E-state index in [0.29, 0.717) is 33.3 Å². The maximum Gasteiger partial charge on any atom is 0.231 e. The van der Waals surface area contributed by atoms with Crippen molar-refractivity contribution in [1.29, 1.82) is 0 Å². The summed E-state index contributed by atoms with van der Waals surface area (Å²) in [5, 5.41) is 11.2. The van der Waals surface area contributed by atoms with Gasteiger partial charge in [0.05, 0.1) is 17.9 Å². The zero-order valence-electron chi connectivity index (χ0n) is 19.5. The number of hydrogen-bond donors (Lipinski definition) is 1. The molecule has 0 aliphatic carbocycles. The Bertz CT molecular complexity index is 1730. The third kappa shape index (κ3) is 4.04. The lowest BCUT2D eigenvalue weighted by Crippen LogP contribution is -2.46. The van der Waals surface area contributed by atoms with Gasteiger partial charge in [0.2, 0.25) is 5.89 Å². The fourth-order valence-corrected chi connectivity index (χ4v) is 5.67. The molecule has 37 heavy (non-hydrogen) atoms. The third-order valence-electron chi connectivity index (χ3n) is 6.81. The highest BCUT2D eigenvalue weighted by Gasteiger charge is 2.29. The Labute approximate surface area is 226 Å². The molecule has 0 radical (unpaired) electrons. The van der Waals surface area contributed by atoms with E-state index in [1.807, 2.05) is 12.3 Å². The van der Waals surface area contributed by atoms with Gasteiger partial charge in [-0.1, -0.05) is 33.6 Å². The summed E-state index contributed by atoms with van der Waals surface area (Å²) in [4.78, 5) is 13.9. The Morgan fingerprint density at radius 1 is 0.919 bits per heavy atom. The van der Waals surface area contributed by atoms with Crippen molar-refractivity contribution in [2.75, 3.05) is 16.5 Å². The molecule has 1 aromatic heterocycles. The van der Waals surface area contributed by atoms with E-state index in [-0.39, 0.29) is 5.75 Å². The quantitative estimate of drug-likeness (QED) is 0.225. The smallest absolute Gasteiger partial charge is 0.231 e. The summed E-state index contributed by atoms with van der Waals surface area (Å²) in [7, 11) is 0. The molecule has 8 heteroatoms. The minimum absolute atomic E-state index is 0.0523. The van der Waals surface area contributed by atoms with Crippen molar-refractivity contribution in [1.82, 2.24) is 4.98 Å². The van der Waals surface area contributed by atoms with Gasteiger partial charge in [-0.3, -0.25) is 4.99 Å². The first-order chi connectivity index (χ1) is 18.0. The van der Waals surface area contributed by atoms with E-state index in [1.165, 1.54) is 22.5 Å². The van der Waals surface area contributed by atoms with E-state index in [1.54, 1.807) is 30.3 Å². The molecule has 0 fully saturated rings. The normalized spacial score (nSPS) is 14.3. The number of aromatic nitrogens is 1. The van der Waals surface area contributed by atoms with E-state index < -0.39 is 0 Å². The number of benzene rings is 4. The van der Waals surface area contributed by atoms with E-state index in [0.717, 1.165) is 29.8 Å². The Hall–Kier alpha value is -3.81. The van der Waals surface area contributed by atoms with Crippen molar-refractivity contribution in [3.63, 3.8) is 0 Å². The molecule has 7 rings (SSSR count). The molecule has 182 valence electrons. The number of aromatic hydroxyl groups is 1. The van der Waals surface area contributed by atoms with Crippen LogP contribution in [0.3, 0.4) is 0 Å². The lowest BCUT2D eigenvalue weighted by molar-refractivity contribution is 0.474. The Morgan fingerprint density at radius 2 is 1.70 bits per heavy atom. The largest absolute Gasteiger partial charge is 0.507 e. The first-order valence-electron chi connectivity index (χ1n) is 11.8. The average Bonchev–Trinajstić information content (AvgIpc) is 3.30. The molecule has 0 saturated heterocycles. The number of fused-ring (bicyclic) bond motifs is 7. The first kappa shape index (κ1) is 22.4. The highest BCUT2D eigenvalue weighted by Crippen LogP contribution is 2.39. The van der Waals surface area contributed by atoms with Gasteiger partial charge < -0.3 is 19.3 Å². The molecular formula is C29H20BrClN4O2. The number of phenolic OH excluding ortho intramolecular Hbond substituents is 1. The summed E-state index contributed by atoms with van der Waals surface area (Å²) >= 11 is 9.65. The van der Waals surface area contributed by atoms with Crippen molar-refractivity contribution in [2.45, 2.75) is 13.1 Å². The Kier molecular flexibility index (Phi) is 5.23. The fraction of sp³-hybridized carbons (Fsp3) is 0.103. The van der Waals surface area contributed by atoms with E-state index >= 15 is 0 Å². The van der Waals surface area contributed by atoms with Gasteiger partial charge in [-0.2, -0.15) is 0 Å². The van der Waals surface area contributed by atoms with Gasteiger partial charge >= 0.3 is 0 Å². The van der Waals surface area contributed by atoms with Gasteiger partial charge in [-0.15, -0.1) is 0 Å². The van der Waals surface area contributed by atoms with Crippen LogP contribution in [0.25, 0.3) is 22.6 Å². The third-order valence-corrected chi connectivity index (χ3v) is 7.54. The number of nitrogens with zero attached hydrogens (tertiary/aromatic N) is 4. The minimum atomic E-state index is 0.0523. The number of oxazole rings is 1. The number of aliphatic imine (C=N–C) groups is 1. The molecule has 2 aliphatic rings. The maximum atomic E-state index is 10.7. The second-order valence-corrected chi connectivity index (χ2v) is 10.6. The molecule has 5 aromatic rings. The Morgan fingerprint density at radius 3 is 2.51 bits per heavy atom. The molecule has 2 aliphatic heterocycles. The lowest BCUT2D eigenvalue weighted by atomic mass is 10.0. The van der Waals surface area contributed by atoms with Crippen LogP contribution in [0.5, 0.6) is 5.75 Å². The molecular weight excluding hydrogens is 552 g/mol. The SMILES string of the molecule is Oc1cc(/N=C/c2ccc3c(c2)CN2CN3Cc3cc(Br)ccc32)ccc1-c1nc2cc(Cl)ccc2o1. The Balaban J connectivity index is 1.13. The highest BCUT2D eigenvalue weighted by atomic mass is 79.9. The molecule has 0 saturated carbocycles. The summed E-state index contributed by atoms with van der Waals surface area (Å²) in [5.74, 6) is 0.390. The van der Waals surface area contributed by atoms with Crippen LogP contribution in [0.2, 0.25) is 5.02 Å². The van der Waals surface area contributed by atoms with Crippen LogP contribution in [0.15, 0.2) is 86.7 Å². The van der Waals surface area contributed by atoms with Crippen molar-refractivity contribution < 1.29 is 9.52 Å². The van der Waals surface area contributed by atoms with Crippen molar-refractivity contribution in [2.24, 2.45) is 4.99 Å². The monoisotopic (exact) mass is 570 g/mol.